The molecule has 0 spiro atoms. The van der Waals surface area contributed by atoms with E-state index in [0.717, 1.165) is 22.9 Å². The van der Waals surface area contributed by atoms with Crippen LogP contribution in [0, 0.1) is 5.41 Å². The molecule has 0 unspecified atom stereocenters. The normalized spacial score (nSPS) is 13.6. The smallest absolute Gasteiger partial charge is 0.110 e. The zero-order valence-corrected chi connectivity index (χ0v) is 13.2. The Labute approximate surface area is 136 Å². The third-order valence-corrected chi connectivity index (χ3v) is 3.83. The van der Waals surface area contributed by atoms with Gasteiger partial charge in [-0.25, -0.2) is 0 Å². The maximum atomic E-state index is 7.97. The van der Waals surface area contributed by atoms with Crippen molar-refractivity contribution in [2.24, 2.45) is 0 Å². The Morgan fingerprint density at radius 1 is 1.22 bits per heavy atom. The highest BCUT2D eigenvalue weighted by molar-refractivity contribution is 6.05. The van der Waals surface area contributed by atoms with Crippen molar-refractivity contribution >= 4 is 22.8 Å². The molecule has 1 aromatic carbocycles. The summed E-state index contributed by atoms with van der Waals surface area (Å²) in [6.45, 7) is 4.17. The lowest BCUT2D eigenvalue weighted by molar-refractivity contribution is 1.08. The van der Waals surface area contributed by atoms with Crippen molar-refractivity contribution in [3.63, 3.8) is 0 Å². The Hall–Kier alpha value is -3.08. The number of hydrogen-bond acceptors (Lipinski definition) is 5. The molecule has 0 amide bonds. The number of allylic oxidation sites excluding steroid dienone is 1. The van der Waals surface area contributed by atoms with Gasteiger partial charge >= 0.3 is 0 Å². The number of pyridine rings is 1. The molecule has 0 atom stereocenters. The van der Waals surface area contributed by atoms with E-state index in [9.17, 15) is 0 Å². The maximum absolute atomic E-state index is 7.97. The van der Waals surface area contributed by atoms with Gasteiger partial charge in [-0.05, 0) is 36.5 Å². The van der Waals surface area contributed by atoms with Crippen LogP contribution in [0.2, 0.25) is 0 Å². The first-order valence-electron chi connectivity index (χ1n) is 7.34. The molecule has 23 heavy (non-hydrogen) atoms. The number of fused-ring (bicyclic) bond motifs is 1. The van der Waals surface area contributed by atoms with Gasteiger partial charge in [-0.2, -0.15) is 0 Å². The van der Waals surface area contributed by atoms with Gasteiger partial charge in [0.05, 0.1) is 34.7 Å². The molecule has 0 fully saturated rings. The standard InChI is InChI=1S/C18H19N5/c1-13-22(3)17-6-4-5-7-18(17)23(13)14-8-9-16(21-12-14)15(19)10-11-20-2/h4-12,19-20H,1H2,2-3H3/b11-10-,19-15?. The van der Waals surface area contributed by atoms with E-state index in [0.29, 0.717) is 11.4 Å². The third kappa shape index (κ3) is 2.57. The average molecular weight is 305 g/mol. The summed E-state index contributed by atoms with van der Waals surface area (Å²) in [7, 11) is 3.80. The van der Waals surface area contributed by atoms with Crippen LogP contribution in [0.3, 0.4) is 0 Å². The highest BCUT2D eigenvalue weighted by Gasteiger charge is 2.28. The van der Waals surface area contributed by atoms with Gasteiger partial charge in [-0.1, -0.05) is 18.7 Å². The minimum Gasteiger partial charge on any atom is -0.394 e. The van der Waals surface area contributed by atoms with Crippen LogP contribution in [0.4, 0.5) is 17.1 Å². The zero-order valence-electron chi connectivity index (χ0n) is 13.2. The van der Waals surface area contributed by atoms with Crippen LogP contribution in [0.25, 0.3) is 0 Å². The SMILES string of the molecule is C=C1N(C)c2ccccc2N1c1ccc(C(=N)/C=C\NC)nc1. The molecular formula is C18H19N5. The maximum Gasteiger partial charge on any atom is 0.110 e. The fraction of sp³-hybridized carbons (Fsp3) is 0.111. The fourth-order valence-corrected chi connectivity index (χ4v) is 2.58. The first kappa shape index (κ1) is 14.8. The topological polar surface area (TPSA) is 55.2 Å². The van der Waals surface area contributed by atoms with Gasteiger partial charge in [0.1, 0.15) is 5.82 Å². The third-order valence-electron chi connectivity index (χ3n) is 3.83. The summed E-state index contributed by atoms with van der Waals surface area (Å²) in [5, 5.41) is 10.8. The van der Waals surface area contributed by atoms with E-state index in [1.54, 1.807) is 25.5 Å². The van der Waals surface area contributed by atoms with E-state index >= 15 is 0 Å². The number of nitrogens with zero attached hydrogens (tertiary/aromatic N) is 3. The van der Waals surface area contributed by atoms with Crippen LogP contribution < -0.4 is 15.1 Å². The Kier molecular flexibility index (Phi) is 3.85. The minimum atomic E-state index is 0.365. The molecule has 5 nitrogen and oxygen atoms in total. The van der Waals surface area contributed by atoms with Gasteiger partial charge in [-0.15, -0.1) is 0 Å². The summed E-state index contributed by atoms with van der Waals surface area (Å²) in [6, 6.07) is 12.0. The van der Waals surface area contributed by atoms with Gasteiger partial charge in [0.15, 0.2) is 0 Å². The highest BCUT2D eigenvalue weighted by Crippen LogP contribution is 2.43. The Bertz CT molecular complexity index is 776. The molecule has 0 bridgehead atoms. The van der Waals surface area contributed by atoms with Crippen molar-refractivity contribution in [3.05, 3.63) is 73.0 Å². The van der Waals surface area contributed by atoms with Gasteiger partial charge in [-0.3, -0.25) is 15.3 Å². The van der Waals surface area contributed by atoms with E-state index in [2.05, 4.69) is 38.8 Å². The Morgan fingerprint density at radius 3 is 2.61 bits per heavy atom. The summed E-state index contributed by atoms with van der Waals surface area (Å²) in [4.78, 5) is 8.53. The molecule has 2 aromatic rings. The molecule has 116 valence electrons. The minimum absolute atomic E-state index is 0.365. The molecule has 1 aliphatic rings. The number of aromatic nitrogens is 1. The van der Waals surface area contributed by atoms with Crippen molar-refractivity contribution in [2.45, 2.75) is 0 Å². The predicted octanol–water partition coefficient (Wildman–Crippen LogP) is 3.24. The first-order chi connectivity index (χ1) is 11.1. The van der Waals surface area contributed by atoms with Crippen LogP contribution in [0.15, 0.2) is 67.3 Å². The van der Waals surface area contributed by atoms with E-state index in [-0.39, 0.29) is 0 Å². The molecule has 0 saturated heterocycles. The molecular weight excluding hydrogens is 286 g/mol. The van der Waals surface area contributed by atoms with Crippen molar-refractivity contribution in [1.82, 2.24) is 10.3 Å². The lowest BCUT2D eigenvalue weighted by Crippen LogP contribution is -2.20. The molecule has 3 rings (SSSR count). The molecule has 2 N–H and O–H groups in total. The van der Waals surface area contributed by atoms with E-state index < -0.39 is 0 Å². The number of benzene rings is 1. The van der Waals surface area contributed by atoms with Crippen molar-refractivity contribution in [3.8, 4) is 0 Å². The average Bonchev–Trinajstić information content (AvgIpc) is 2.84. The molecule has 1 aliphatic heterocycles. The van der Waals surface area contributed by atoms with Gasteiger partial charge in [0.2, 0.25) is 0 Å². The van der Waals surface area contributed by atoms with Gasteiger partial charge in [0, 0.05) is 14.1 Å². The number of nitrogens with one attached hydrogen (secondary N) is 2. The largest absolute Gasteiger partial charge is 0.394 e. The second kappa shape index (κ2) is 5.96. The summed E-state index contributed by atoms with van der Waals surface area (Å²) < 4.78 is 0. The number of rotatable bonds is 4. The Balaban J connectivity index is 1.93. The van der Waals surface area contributed by atoms with Crippen molar-refractivity contribution < 1.29 is 0 Å². The molecule has 0 radical (unpaired) electrons. The first-order valence-corrected chi connectivity index (χ1v) is 7.34. The molecule has 2 heterocycles. The van der Waals surface area contributed by atoms with Crippen molar-refractivity contribution in [2.75, 3.05) is 23.9 Å². The molecule has 5 heteroatoms. The molecule has 0 aliphatic carbocycles. The van der Waals surface area contributed by atoms with Crippen LogP contribution in [0.1, 0.15) is 5.69 Å². The molecule has 0 saturated carbocycles. The van der Waals surface area contributed by atoms with Gasteiger partial charge < -0.3 is 10.2 Å². The summed E-state index contributed by atoms with van der Waals surface area (Å²) in [6.07, 6.45) is 5.17. The summed E-state index contributed by atoms with van der Waals surface area (Å²) in [5.74, 6) is 0.880. The summed E-state index contributed by atoms with van der Waals surface area (Å²) in [5.41, 5.74) is 4.13. The van der Waals surface area contributed by atoms with Crippen LogP contribution in [-0.2, 0) is 0 Å². The van der Waals surface area contributed by atoms with Crippen LogP contribution in [-0.4, -0.2) is 24.8 Å². The van der Waals surface area contributed by atoms with Crippen LogP contribution in [0.5, 0.6) is 0 Å². The fourth-order valence-electron chi connectivity index (χ4n) is 2.58. The predicted molar refractivity (Wildman–Crippen MR) is 95.4 cm³/mol. The monoisotopic (exact) mass is 305 g/mol. The quantitative estimate of drug-likeness (QED) is 0.852. The van der Waals surface area contributed by atoms with E-state index in [1.807, 2.05) is 31.3 Å². The van der Waals surface area contributed by atoms with E-state index in [1.165, 1.54) is 0 Å². The summed E-state index contributed by atoms with van der Waals surface area (Å²) >= 11 is 0. The molecule has 1 aromatic heterocycles. The Morgan fingerprint density at radius 2 is 1.96 bits per heavy atom. The second-order valence-electron chi connectivity index (χ2n) is 5.24. The van der Waals surface area contributed by atoms with Gasteiger partial charge in [0.25, 0.3) is 0 Å². The van der Waals surface area contributed by atoms with Crippen LogP contribution >= 0.6 is 0 Å². The number of para-hydroxylation sites is 2. The number of hydrogen-bond donors (Lipinski definition) is 2. The van der Waals surface area contributed by atoms with E-state index in [4.69, 9.17) is 5.41 Å². The second-order valence-corrected chi connectivity index (χ2v) is 5.24. The van der Waals surface area contributed by atoms with Crippen molar-refractivity contribution in [1.29, 1.82) is 5.41 Å². The lowest BCUT2D eigenvalue weighted by Gasteiger charge is -2.21. The zero-order chi connectivity index (χ0) is 16.4. The highest BCUT2D eigenvalue weighted by atomic mass is 15.4. The number of anilines is 3. The lowest BCUT2D eigenvalue weighted by atomic mass is 10.2.